The quantitative estimate of drug-likeness (QED) is 0.103. The zero-order valence-corrected chi connectivity index (χ0v) is 30.2. The number of hydrogen-bond donors (Lipinski definition) is 12. The van der Waals surface area contributed by atoms with Crippen molar-refractivity contribution in [3.05, 3.63) is 12.2 Å². The predicted molar refractivity (Wildman–Crippen MR) is 172 cm³/mol. The van der Waals surface area contributed by atoms with Crippen LogP contribution in [0.4, 0.5) is 0 Å². The summed E-state index contributed by atoms with van der Waals surface area (Å²) in [6, 6.07) is 0. The normalized spacial score (nSPS) is 49.8. The molecule has 0 amide bonds. The van der Waals surface area contributed by atoms with Gasteiger partial charge in [-0.25, -0.2) is 0 Å². The summed E-state index contributed by atoms with van der Waals surface area (Å²) in [6.07, 6.45) is -24.3. The minimum Gasteiger partial charge on any atom is -0.394 e. The Morgan fingerprint density at radius 3 is 1.55 bits per heavy atom. The molecule has 0 aromatic carbocycles. The molecule has 7 aliphatic rings. The van der Waals surface area contributed by atoms with Crippen molar-refractivity contribution in [1.82, 2.24) is 0 Å². The Labute approximate surface area is 318 Å². The van der Waals surface area contributed by atoms with Crippen LogP contribution in [0.2, 0.25) is 0 Å². The van der Waals surface area contributed by atoms with E-state index in [1.54, 1.807) is 6.08 Å². The Kier molecular flexibility index (Phi) is 16.4. The van der Waals surface area contributed by atoms with Crippen molar-refractivity contribution >= 4 is 5.78 Å². The molecule has 6 fully saturated rings. The van der Waals surface area contributed by atoms with E-state index in [-0.39, 0.29) is 18.5 Å². The lowest BCUT2D eigenvalue weighted by atomic mass is 9.96. The predicted octanol–water partition coefficient (Wildman–Crippen LogP) is -8.57. The van der Waals surface area contributed by atoms with Gasteiger partial charge in [0.25, 0.3) is 0 Å². The van der Waals surface area contributed by atoms with Gasteiger partial charge in [-0.05, 0) is 12.2 Å². The molecule has 4 bridgehead atoms. The number of aliphatic hydroxyl groups is 12. The highest BCUT2D eigenvalue weighted by Crippen LogP contribution is 2.33. The van der Waals surface area contributed by atoms with Gasteiger partial charge in [-0.3, -0.25) is 4.79 Å². The van der Waals surface area contributed by atoms with E-state index in [0.29, 0.717) is 6.61 Å². The summed E-state index contributed by atoms with van der Waals surface area (Å²) in [7, 11) is 2.46. The third-order valence-corrected chi connectivity index (χ3v) is 10.1. The van der Waals surface area contributed by atoms with Crippen molar-refractivity contribution in [3.8, 4) is 0 Å². The lowest BCUT2D eigenvalue weighted by Crippen LogP contribution is -2.66. The highest BCUT2D eigenvalue weighted by molar-refractivity contribution is 5.93. The van der Waals surface area contributed by atoms with Crippen LogP contribution < -0.4 is 0 Å². The standard InChI is InChI=1S/C20H36O16.C6H10O5.C6H6O3/c1-30-15-6(3-21)33-19(13(28)9(15)24)36-17-8(5-23)34-20(14(29)11(17)26)35-16-7(4-22)32-18(31-2)12(27)10(16)25;7-3-2-1-10-6(11-2)5(9)4(3)8;7-5-2-1-4-3-8-6(5)9-4/h6-29H,3-5H2,1-2H3;2-9H,1H2;1-2,4,6H,3H2/t6?,7?,8?,9-,10-,11?,12?,13?,14-,15-,16-,17+,18-,19+,20-;;/m1../s1. The molecular formula is C32H52O24. The van der Waals surface area contributed by atoms with Gasteiger partial charge in [-0.2, -0.15) is 0 Å². The number of methoxy groups -OCH3 is 2. The largest absolute Gasteiger partial charge is 0.394 e. The fourth-order valence-electron chi connectivity index (χ4n) is 6.85. The van der Waals surface area contributed by atoms with Crippen molar-refractivity contribution in [3.63, 3.8) is 0 Å². The van der Waals surface area contributed by atoms with Crippen LogP contribution in [-0.4, -0.2) is 250 Å². The number of fused-ring (bicyclic) bond motifs is 4. The van der Waals surface area contributed by atoms with E-state index in [9.17, 15) is 61.0 Å². The average molecular weight is 821 g/mol. The molecule has 56 heavy (non-hydrogen) atoms. The Morgan fingerprint density at radius 2 is 1.05 bits per heavy atom. The molecule has 0 aliphatic carbocycles. The first kappa shape index (κ1) is 45.6. The van der Waals surface area contributed by atoms with E-state index in [0.717, 1.165) is 0 Å². The molecule has 13 unspecified atom stereocenters. The van der Waals surface area contributed by atoms with Crippen molar-refractivity contribution in [2.75, 3.05) is 47.3 Å². The van der Waals surface area contributed by atoms with Gasteiger partial charge in [-0.1, -0.05) is 0 Å². The molecule has 7 rings (SSSR count). The van der Waals surface area contributed by atoms with Gasteiger partial charge >= 0.3 is 0 Å². The van der Waals surface area contributed by atoms with Crippen LogP contribution in [0, 0.1) is 0 Å². The second-order valence-corrected chi connectivity index (χ2v) is 13.7. The van der Waals surface area contributed by atoms with Crippen molar-refractivity contribution < 1.29 is 118 Å². The van der Waals surface area contributed by atoms with E-state index in [2.05, 4.69) is 0 Å². The number of aliphatic hydroxyl groups excluding tert-OH is 12. The van der Waals surface area contributed by atoms with Gasteiger partial charge in [0.05, 0.1) is 33.0 Å². The lowest BCUT2D eigenvalue weighted by Gasteiger charge is -2.48. The second kappa shape index (κ2) is 20.2. The van der Waals surface area contributed by atoms with Crippen LogP contribution in [0.5, 0.6) is 0 Å². The molecule has 7 aliphatic heterocycles. The van der Waals surface area contributed by atoms with E-state index in [1.165, 1.54) is 20.3 Å². The number of ether oxygens (including phenoxy) is 11. The summed E-state index contributed by atoms with van der Waals surface area (Å²) >= 11 is 0. The van der Waals surface area contributed by atoms with E-state index >= 15 is 0 Å². The molecule has 7 heterocycles. The van der Waals surface area contributed by atoms with Crippen LogP contribution in [0.25, 0.3) is 0 Å². The van der Waals surface area contributed by atoms with Crippen LogP contribution in [-0.2, 0) is 56.9 Å². The number of ketones is 1. The SMILES string of the molecule is CO[C@@H]1OC(CO)[C@@H](O[C@H]2OC(CO)[C@H](O[C@@H]3OC(CO)[C@@H](OC)[C@H](O)C3O)C(O)[C@H]2O)[C@H](O)C1O.O=C1C=CC2COC1O2.OC1C2COC(O2)C(O)C1O. The Morgan fingerprint density at radius 1 is 0.554 bits per heavy atom. The molecule has 0 aromatic rings. The van der Waals surface area contributed by atoms with Gasteiger partial charge < -0.3 is 113 Å². The summed E-state index contributed by atoms with van der Waals surface area (Å²) in [5.74, 6) is -0.0799. The highest BCUT2D eigenvalue weighted by Gasteiger charge is 2.54. The number of carbonyl (C=O) groups is 1. The summed E-state index contributed by atoms with van der Waals surface area (Å²) in [5, 5.41) is 119. The molecule has 12 N–H and O–H groups in total. The fraction of sp³-hybridized carbons (Fsp3) is 0.906. The zero-order valence-electron chi connectivity index (χ0n) is 30.2. The fourth-order valence-corrected chi connectivity index (χ4v) is 6.85. The summed E-state index contributed by atoms with van der Waals surface area (Å²) in [4.78, 5) is 10.7. The molecule has 24 nitrogen and oxygen atoms in total. The molecule has 0 spiro atoms. The maximum atomic E-state index is 10.7. The van der Waals surface area contributed by atoms with Gasteiger partial charge in [0.15, 0.2) is 25.2 Å². The van der Waals surface area contributed by atoms with Gasteiger partial charge in [0.2, 0.25) is 12.1 Å². The van der Waals surface area contributed by atoms with Gasteiger partial charge in [-0.15, -0.1) is 0 Å². The average Bonchev–Trinajstić information content (AvgIpc) is 3.85. The first-order chi connectivity index (χ1) is 26.7. The smallest absolute Gasteiger partial charge is 0.222 e. The third-order valence-electron chi connectivity index (χ3n) is 10.1. The first-order valence-corrected chi connectivity index (χ1v) is 17.7. The van der Waals surface area contributed by atoms with Crippen LogP contribution in [0.3, 0.4) is 0 Å². The minimum absolute atomic E-state index is 0.0210. The molecule has 324 valence electrons. The summed E-state index contributed by atoms with van der Waals surface area (Å²) in [5.41, 5.74) is 0. The van der Waals surface area contributed by atoms with Crippen LogP contribution in [0.1, 0.15) is 0 Å². The Bertz CT molecular complexity index is 1240. The lowest BCUT2D eigenvalue weighted by molar-refractivity contribution is -0.379. The molecule has 22 atom stereocenters. The highest BCUT2D eigenvalue weighted by atomic mass is 16.8. The number of rotatable bonds is 9. The zero-order chi connectivity index (χ0) is 41.0. The van der Waals surface area contributed by atoms with Crippen LogP contribution >= 0.6 is 0 Å². The molecular weight excluding hydrogens is 768 g/mol. The van der Waals surface area contributed by atoms with E-state index < -0.39 is 149 Å². The Hall–Kier alpha value is -1.51. The van der Waals surface area contributed by atoms with Crippen molar-refractivity contribution in [1.29, 1.82) is 0 Å². The third kappa shape index (κ3) is 9.75. The van der Waals surface area contributed by atoms with Gasteiger partial charge in [0, 0.05) is 14.2 Å². The van der Waals surface area contributed by atoms with Crippen LogP contribution in [0.15, 0.2) is 12.2 Å². The maximum Gasteiger partial charge on any atom is 0.222 e. The van der Waals surface area contributed by atoms with E-state index in [4.69, 9.17) is 57.2 Å². The minimum atomic E-state index is -1.85. The van der Waals surface area contributed by atoms with E-state index in [1.807, 2.05) is 0 Å². The molecule has 0 saturated carbocycles. The second-order valence-electron chi connectivity index (χ2n) is 13.7. The van der Waals surface area contributed by atoms with Crippen molar-refractivity contribution in [2.45, 2.75) is 135 Å². The maximum absolute atomic E-state index is 10.7. The monoisotopic (exact) mass is 820 g/mol. The summed E-state index contributed by atoms with van der Waals surface area (Å²) < 4.78 is 57.3. The molecule has 24 heteroatoms. The van der Waals surface area contributed by atoms with Gasteiger partial charge in [0.1, 0.15) is 104 Å². The molecule has 0 aromatic heterocycles. The topological polar surface area (TPSA) is 361 Å². The molecule has 6 saturated heterocycles. The number of carbonyl (C=O) groups excluding carboxylic acids is 1. The number of hydrogen-bond acceptors (Lipinski definition) is 24. The molecule has 0 radical (unpaired) electrons. The Balaban J connectivity index is 0.000000238. The van der Waals surface area contributed by atoms with Crippen molar-refractivity contribution in [2.24, 2.45) is 0 Å². The first-order valence-electron chi connectivity index (χ1n) is 17.7. The summed E-state index contributed by atoms with van der Waals surface area (Å²) in [6.45, 7) is -1.28.